The van der Waals surface area contributed by atoms with Gasteiger partial charge in [-0.3, -0.25) is 0 Å². The van der Waals surface area contributed by atoms with Crippen molar-refractivity contribution in [1.82, 2.24) is 0 Å². The van der Waals surface area contributed by atoms with E-state index in [-0.39, 0.29) is 17.5 Å². The fourth-order valence-electron chi connectivity index (χ4n) is 2.55. The van der Waals surface area contributed by atoms with Crippen LogP contribution in [0.4, 0.5) is 13.2 Å². The van der Waals surface area contributed by atoms with Gasteiger partial charge in [0, 0.05) is 5.75 Å². The topological polar surface area (TPSA) is 26.0 Å². The second-order valence-corrected chi connectivity index (χ2v) is 5.92. The van der Waals surface area contributed by atoms with Gasteiger partial charge in [-0.2, -0.15) is 13.2 Å². The molecule has 1 aliphatic rings. The molecule has 0 spiro atoms. The Morgan fingerprint density at radius 3 is 2.50 bits per heavy atom. The van der Waals surface area contributed by atoms with Crippen molar-refractivity contribution in [2.45, 2.75) is 38.1 Å². The molecule has 16 heavy (non-hydrogen) atoms. The van der Waals surface area contributed by atoms with Gasteiger partial charge in [-0.25, -0.2) is 0 Å². The van der Waals surface area contributed by atoms with Crippen LogP contribution in [0.15, 0.2) is 0 Å². The lowest BCUT2D eigenvalue weighted by Gasteiger charge is -2.34. The Morgan fingerprint density at radius 2 is 1.94 bits per heavy atom. The van der Waals surface area contributed by atoms with Crippen LogP contribution in [0.5, 0.6) is 0 Å². The Balaban J connectivity index is 2.32. The lowest BCUT2D eigenvalue weighted by atomic mass is 9.73. The van der Waals surface area contributed by atoms with Crippen molar-refractivity contribution in [1.29, 1.82) is 0 Å². The molecule has 1 nitrogen and oxygen atoms in total. The van der Waals surface area contributed by atoms with Crippen LogP contribution in [0, 0.1) is 17.8 Å². The summed E-state index contributed by atoms with van der Waals surface area (Å²) in [5.74, 6) is 1.65. The van der Waals surface area contributed by atoms with Gasteiger partial charge in [0.1, 0.15) is 0 Å². The maximum absolute atomic E-state index is 12.0. The first-order chi connectivity index (χ1) is 7.42. The van der Waals surface area contributed by atoms with E-state index in [4.69, 9.17) is 5.73 Å². The van der Waals surface area contributed by atoms with Gasteiger partial charge in [0.05, 0.1) is 0 Å². The van der Waals surface area contributed by atoms with Crippen molar-refractivity contribution in [2.75, 3.05) is 12.3 Å². The average Bonchev–Trinajstić information content (AvgIpc) is 2.16. The summed E-state index contributed by atoms with van der Waals surface area (Å²) in [6, 6.07) is 0. The fraction of sp³-hybridized carbons (Fsp3) is 1.00. The van der Waals surface area contributed by atoms with E-state index in [2.05, 4.69) is 6.92 Å². The number of hydrogen-bond acceptors (Lipinski definition) is 2. The molecule has 0 aromatic carbocycles. The summed E-state index contributed by atoms with van der Waals surface area (Å²) in [7, 11) is 0. The molecule has 0 aromatic rings. The molecule has 1 aliphatic carbocycles. The van der Waals surface area contributed by atoms with Gasteiger partial charge in [-0.15, -0.1) is 0 Å². The molecule has 2 N–H and O–H groups in total. The third kappa shape index (κ3) is 4.95. The van der Waals surface area contributed by atoms with Crippen LogP contribution >= 0.6 is 11.8 Å². The predicted molar refractivity (Wildman–Crippen MR) is 62.2 cm³/mol. The second-order valence-electron chi connectivity index (χ2n) is 4.76. The van der Waals surface area contributed by atoms with Crippen LogP contribution in [-0.2, 0) is 0 Å². The number of rotatable bonds is 4. The van der Waals surface area contributed by atoms with E-state index in [1.165, 1.54) is 6.42 Å². The maximum Gasteiger partial charge on any atom is 0.441 e. The monoisotopic (exact) mass is 255 g/mol. The van der Waals surface area contributed by atoms with Gasteiger partial charge in [0.2, 0.25) is 0 Å². The molecule has 5 heteroatoms. The van der Waals surface area contributed by atoms with Crippen molar-refractivity contribution in [2.24, 2.45) is 23.5 Å². The molecule has 0 aliphatic heterocycles. The number of hydrogen-bond donors (Lipinski definition) is 1. The first-order valence-corrected chi connectivity index (χ1v) is 6.81. The zero-order chi connectivity index (χ0) is 12.2. The zero-order valence-corrected chi connectivity index (χ0v) is 10.4. The van der Waals surface area contributed by atoms with Crippen LogP contribution < -0.4 is 5.73 Å². The Labute approximate surface area is 99.3 Å². The van der Waals surface area contributed by atoms with Crippen LogP contribution in [0.2, 0.25) is 0 Å². The Kier molecular flexibility index (Phi) is 5.44. The molecule has 1 fully saturated rings. The van der Waals surface area contributed by atoms with E-state index in [0.717, 1.165) is 12.8 Å². The van der Waals surface area contributed by atoms with Crippen molar-refractivity contribution in [3.8, 4) is 0 Å². The molecule has 0 amide bonds. The van der Waals surface area contributed by atoms with E-state index >= 15 is 0 Å². The summed E-state index contributed by atoms with van der Waals surface area (Å²) in [4.78, 5) is 0. The van der Waals surface area contributed by atoms with Gasteiger partial charge in [-0.1, -0.05) is 25.1 Å². The van der Waals surface area contributed by atoms with Gasteiger partial charge in [0.15, 0.2) is 0 Å². The SMILES string of the molecule is CC1CCC(CN)C(CCSC(F)(F)F)C1. The van der Waals surface area contributed by atoms with Crippen LogP contribution in [0.1, 0.15) is 32.6 Å². The molecule has 3 unspecified atom stereocenters. The highest BCUT2D eigenvalue weighted by atomic mass is 32.2. The number of thioether (sulfide) groups is 1. The molecule has 1 rings (SSSR count). The van der Waals surface area contributed by atoms with Crippen molar-refractivity contribution in [3.05, 3.63) is 0 Å². The van der Waals surface area contributed by atoms with Gasteiger partial charge < -0.3 is 5.73 Å². The highest BCUT2D eigenvalue weighted by Crippen LogP contribution is 2.38. The van der Waals surface area contributed by atoms with Gasteiger partial charge in [-0.05, 0) is 43.6 Å². The summed E-state index contributed by atoms with van der Waals surface area (Å²) >= 11 is 0.100. The lowest BCUT2D eigenvalue weighted by molar-refractivity contribution is -0.0329. The second kappa shape index (κ2) is 6.15. The third-order valence-electron chi connectivity index (χ3n) is 3.46. The van der Waals surface area contributed by atoms with E-state index < -0.39 is 5.51 Å². The Hall–Kier alpha value is 0.100. The van der Waals surface area contributed by atoms with Crippen molar-refractivity contribution >= 4 is 11.8 Å². The predicted octanol–water partition coefficient (Wildman–Crippen LogP) is 3.64. The zero-order valence-electron chi connectivity index (χ0n) is 9.59. The first-order valence-electron chi connectivity index (χ1n) is 5.83. The molecular weight excluding hydrogens is 235 g/mol. The Bertz CT molecular complexity index is 208. The lowest BCUT2D eigenvalue weighted by Crippen LogP contribution is -2.30. The van der Waals surface area contributed by atoms with E-state index in [9.17, 15) is 13.2 Å². The number of halogens is 3. The van der Waals surface area contributed by atoms with E-state index in [0.29, 0.717) is 30.7 Å². The molecule has 3 atom stereocenters. The molecule has 1 saturated carbocycles. The Morgan fingerprint density at radius 1 is 1.25 bits per heavy atom. The van der Waals surface area contributed by atoms with E-state index in [1.807, 2.05) is 0 Å². The quantitative estimate of drug-likeness (QED) is 0.830. The molecule has 0 bridgehead atoms. The minimum Gasteiger partial charge on any atom is -0.330 e. The van der Waals surface area contributed by atoms with Crippen LogP contribution in [0.3, 0.4) is 0 Å². The van der Waals surface area contributed by atoms with Crippen LogP contribution in [-0.4, -0.2) is 17.8 Å². The molecule has 96 valence electrons. The maximum atomic E-state index is 12.0. The summed E-state index contributed by atoms with van der Waals surface area (Å²) in [5.41, 5.74) is 1.58. The summed E-state index contributed by atoms with van der Waals surface area (Å²) in [6.45, 7) is 2.80. The minimum atomic E-state index is -4.08. The molecular formula is C11H20F3NS. The molecule has 0 aromatic heterocycles. The summed E-state index contributed by atoms with van der Waals surface area (Å²) in [5, 5.41) is 0. The first kappa shape index (κ1) is 14.2. The normalized spacial score (nSPS) is 31.7. The van der Waals surface area contributed by atoms with Crippen molar-refractivity contribution < 1.29 is 13.2 Å². The van der Waals surface area contributed by atoms with Gasteiger partial charge >= 0.3 is 5.51 Å². The third-order valence-corrected chi connectivity index (χ3v) is 4.23. The largest absolute Gasteiger partial charge is 0.441 e. The fourth-order valence-corrected chi connectivity index (χ4v) is 3.20. The number of alkyl halides is 3. The summed E-state index contributed by atoms with van der Waals surface area (Å²) < 4.78 is 36.0. The number of nitrogens with two attached hydrogens (primary N) is 1. The van der Waals surface area contributed by atoms with Gasteiger partial charge in [0.25, 0.3) is 0 Å². The molecule has 0 heterocycles. The molecule has 0 saturated heterocycles. The molecule has 0 radical (unpaired) electrons. The highest BCUT2D eigenvalue weighted by molar-refractivity contribution is 8.00. The van der Waals surface area contributed by atoms with Crippen LogP contribution in [0.25, 0.3) is 0 Å². The van der Waals surface area contributed by atoms with E-state index in [1.54, 1.807) is 0 Å². The standard InChI is InChI=1S/C11H20F3NS/c1-8-2-3-10(7-15)9(6-8)4-5-16-11(12,13)14/h8-10H,2-7,15H2,1H3. The summed E-state index contributed by atoms with van der Waals surface area (Å²) in [6.07, 6.45) is 3.94. The minimum absolute atomic E-state index is 0.100. The van der Waals surface area contributed by atoms with Crippen molar-refractivity contribution in [3.63, 3.8) is 0 Å². The average molecular weight is 255 g/mol. The smallest absolute Gasteiger partial charge is 0.330 e. The highest BCUT2D eigenvalue weighted by Gasteiger charge is 2.31.